The Labute approximate surface area is 194 Å². The fourth-order valence-corrected chi connectivity index (χ4v) is 3.19. The van der Waals surface area contributed by atoms with Crippen LogP contribution in [-0.2, 0) is 16.1 Å². The number of hydrogen-bond donors (Lipinski definition) is 2. The predicted molar refractivity (Wildman–Crippen MR) is 121 cm³/mol. The number of benzene rings is 2. The number of rotatable bonds is 9. The predicted octanol–water partition coefficient (Wildman–Crippen LogP) is 4.41. The van der Waals surface area contributed by atoms with Gasteiger partial charge < -0.3 is 10.1 Å². The second-order valence-electron chi connectivity index (χ2n) is 7.30. The summed E-state index contributed by atoms with van der Waals surface area (Å²) in [4.78, 5) is 27.9. The quantitative estimate of drug-likeness (QED) is 0.447. The molecule has 173 valence electrons. The van der Waals surface area contributed by atoms with Gasteiger partial charge in [0.15, 0.2) is 0 Å². The Morgan fingerprint density at radius 1 is 1.18 bits per heavy atom. The van der Waals surface area contributed by atoms with Crippen LogP contribution in [0.25, 0.3) is 10.8 Å². The maximum absolute atomic E-state index is 13.5. The highest BCUT2D eigenvalue weighted by Gasteiger charge is 2.12. The third-order valence-corrected chi connectivity index (χ3v) is 5.10. The van der Waals surface area contributed by atoms with Gasteiger partial charge in [0.25, 0.3) is 0 Å². The molecule has 1 heterocycles. The van der Waals surface area contributed by atoms with Crippen LogP contribution < -0.4 is 16.0 Å². The lowest BCUT2D eigenvalue weighted by atomic mass is 10.2. The summed E-state index contributed by atoms with van der Waals surface area (Å²) in [5.41, 5.74) is 0.596. The Balaban J connectivity index is 1.34. The average Bonchev–Trinajstić information content (AvgIpc) is 2.77. The summed E-state index contributed by atoms with van der Waals surface area (Å²) in [7, 11) is 0. The Morgan fingerprint density at radius 3 is 2.82 bits per heavy atom. The first-order valence-corrected chi connectivity index (χ1v) is 10.6. The highest BCUT2D eigenvalue weighted by Crippen LogP contribution is 2.20. The van der Waals surface area contributed by atoms with E-state index >= 15 is 0 Å². The minimum absolute atomic E-state index is 0.00502. The SMILES string of the molecule is CC(CC(=O)[N]CCOC(=O)Nc1cc2cc(F)ccc2cn1)NCc1cccc(F)c1Cl. The smallest absolute Gasteiger partial charge is 0.412 e. The van der Waals surface area contributed by atoms with E-state index in [4.69, 9.17) is 16.3 Å². The van der Waals surface area contributed by atoms with Gasteiger partial charge in [0.05, 0.1) is 11.6 Å². The lowest BCUT2D eigenvalue weighted by molar-refractivity contribution is -0.122. The van der Waals surface area contributed by atoms with Crippen molar-refractivity contribution in [1.29, 1.82) is 0 Å². The van der Waals surface area contributed by atoms with Gasteiger partial charge in [-0.1, -0.05) is 23.7 Å². The van der Waals surface area contributed by atoms with Gasteiger partial charge in [0.1, 0.15) is 24.1 Å². The summed E-state index contributed by atoms with van der Waals surface area (Å²) in [6, 6.07) is 10.1. The van der Waals surface area contributed by atoms with E-state index in [2.05, 4.69) is 20.9 Å². The molecule has 0 saturated carbocycles. The topological polar surface area (TPSA) is 94.4 Å². The van der Waals surface area contributed by atoms with Gasteiger partial charge >= 0.3 is 6.09 Å². The average molecular weight is 476 g/mol. The van der Waals surface area contributed by atoms with Crippen molar-refractivity contribution in [3.63, 3.8) is 0 Å². The highest BCUT2D eigenvalue weighted by atomic mass is 35.5. The van der Waals surface area contributed by atoms with E-state index in [1.807, 2.05) is 0 Å². The molecule has 2 N–H and O–H groups in total. The second-order valence-corrected chi connectivity index (χ2v) is 7.67. The van der Waals surface area contributed by atoms with Crippen LogP contribution in [0.1, 0.15) is 18.9 Å². The van der Waals surface area contributed by atoms with Crippen LogP contribution in [-0.4, -0.2) is 36.2 Å². The van der Waals surface area contributed by atoms with Crippen LogP contribution in [0.4, 0.5) is 19.4 Å². The first-order chi connectivity index (χ1) is 15.8. The third-order valence-electron chi connectivity index (χ3n) is 4.68. The lowest BCUT2D eigenvalue weighted by Gasteiger charge is -2.14. The molecular formula is C23H22ClF2N4O3. The Morgan fingerprint density at radius 2 is 2.00 bits per heavy atom. The van der Waals surface area contributed by atoms with Crippen molar-refractivity contribution in [2.75, 3.05) is 18.5 Å². The van der Waals surface area contributed by atoms with Gasteiger partial charge in [0.2, 0.25) is 5.91 Å². The van der Waals surface area contributed by atoms with Crippen molar-refractivity contribution >= 4 is 40.2 Å². The molecule has 33 heavy (non-hydrogen) atoms. The highest BCUT2D eigenvalue weighted by molar-refractivity contribution is 6.31. The Kier molecular flexibility index (Phi) is 8.51. The molecular weight excluding hydrogens is 454 g/mol. The number of amides is 2. The Bertz CT molecular complexity index is 1150. The molecule has 0 aliphatic rings. The number of fused-ring (bicyclic) bond motifs is 1. The van der Waals surface area contributed by atoms with Crippen LogP contribution in [0.15, 0.2) is 48.7 Å². The molecule has 1 radical (unpaired) electrons. The maximum Gasteiger partial charge on any atom is 0.412 e. The number of aromatic nitrogens is 1. The summed E-state index contributed by atoms with van der Waals surface area (Å²) in [6.45, 7) is 2.02. The minimum atomic E-state index is -0.761. The molecule has 7 nitrogen and oxygen atoms in total. The van der Waals surface area contributed by atoms with E-state index in [9.17, 15) is 18.4 Å². The molecule has 0 bridgehead atoms. The van der Waals surface area contributed by atoms with E-state index in [0.717, 1.165) is 5.39 Å². The number of hydrogen-bond acceptors (Lipinski definition) is 5. The van der Waals surface area contributed by atoms with Gasteiger partial charge in [0, 0.05) is 30.6 Å². The first-order valence-electron chi connectivity index (χ1n) is 10.2. The summed E-state index contributed by atoms with van der Waals surface area (Å²) >= 11 is 5.91. The summed E-state index contributed by atoms with van der Waals surface area (Å²) in [6.07, 6.45) is 0.870. The fourth-order valence-electron chi connectivity index (χ4n) is 3.00. The van der Waals surface area contributed by atoms with E-state index in [-0.39, 0.29) is 42.4 Å². The van der Waals surface area contributed by atoms with Crippen LogP contribution in [0, 0.1) is 11.6 Å². The van der Waals surface area contributed by atoms with Crippen molar-refractivity contribution in [3.05, 3.63) is 70.9 Å². The standard InChI is InChI=1S/C23H22ClF2N4O3/c1-14(28-13-16-3-2-4-19(26)22(16)24)9-21(31)27-7-8-33-23(32)30-20-11-17-10-18(25)6-5-15(17)12-29-20/h2-6,10-12,14,28H,7-9,13H2,1H3,(H,29,30,32). The van der Waals surface area contributed by atoms with Gasteiger partial charge in [-0.05, 0) is 48.2 Å². The molecule has 1 atom stereocenters. The number of anilines is 1. The molecule has 0 aliphatic heterocycles. The van der Waals surface area contributed by atoms with Gasteiger partial charge in [-0.25, -0.2) is 23.9 Å². The number of carbonyl (C=O) groups excluding carboxylic acids is 2. The van der Waals surface area contributed by atoms with Crippen molar-refractivity contribution in [1.82, 2.24) is 15.6 Å². The molecule has 1 aromatic heterocycles. The van der Waals surface area contributed by atoms with E-state index in [0.29, 0.717) is 17.5 Å². The molecule has 2 aromatic carbocycles. The van der Waals surface area contributed by atoms with Gasteiger partial charge in [-0.2, -0.15) is 0 Å². The summed E-state index contributed by atoms with van der Waals surface area (Å²) < 4.78 is 31.8. The van der Waals surface area contributed by atoms with Crippen LogP contribution in [0.5, 0.6) is 0 Å². The number of nitrogens with zero attached hydrogens (tertiary/aromatic N) is 2. The molecule has 3 rings (SSSR count). The third kappa shape index (κ3) is 7.37. The van der Waals surface area contributed by atoms with Crippen LogP contribution in [0.2, 0.25) is 5.02 Å². The fraction of sp³-hybridized carbons (Fsp3) is 0.261. The van der Waals surface area contributed by atoms with E-state index in [1.54, 1.807) is 25.1 Å². The summed E-state index contributed by atoms with van der Waals surface area (Å²) in [5.74, 6) is -1.04. The molecule has 0 spiro atoms. The molecule has 0 saturated heterocycles. The zero-order chi connectivity index (χ0) is 23.8. The number of nitrogens with one attached hydrogen (secondary N) is 2. The lowest BCUT2D eigenvalue weighted by Crippen LogP contribution is -2.32. The van der Waals surface area contributed by atoms with Crippen LogP contribution >= 0.6 is 11.6 Å². The van der Waals surface area contributed by atoms with E-state index in [1.165, 1.54) is 30.5 Å². The van der Waals surface area contributed by atoms with Crippen molar-refractivity contribution in [2.45, 2.75) is 25.9 Å². The number of carbonyl (C=O) groups is 2. The molecule has 0 aliphatic carbocycles. The van der Waals surface area contributed by atoms with Crippen molar-refractivity contribution in [2.24, 2.45) is 0 Å². The number of ether oxygens (including phenoxy) is 1. The second kappa shape index (κ2) is 11.5. The minimum Gasteiger partial charge on any atom is -0.447 e. The Hall–Kier alpha value is -3.30. The maximum atomic E-state index is 13.5. The van der Waals surface area contributed by atoms with Crippen molar-refractivity contribution < 1.29 is 23.1 Å². The van der Waals surface area contributed by atoms with E-state index < -0.39 is 17.7 Å². The molecule has 2 amide bonds. The first kappa shape index (κ1) is 24.3. The molecule has 1 unspecified atom stereocenters. The summed E-state index contributed by atoms with van der Waals surface area (Å²) in [5, 5.41) is 10.8. The molecule has 0 fully saturated rings. The van der Waals surface area contributed by atoms with Gasteiger partial charge in [-0.3, -0.25) is 10.1 Å². The van der Waals surface area contributed by atoms with Crippen molar-refractivity contribution in [3.8, 4) is 0 Å². The largest absolute Gasteiger partial charge is 0.447 e. The molecule has 3 aromatic rings. The number of halogens is 3. The van der Waals surface area contributed by atoms with Crippen LogP contribution in [0.3, 0.4) is 0 Å². The van der Waals surface area contributed by atoms with Gasteiger partial charge in [-0.15, -0.1) is 0 Å². The number of pyridine rings is 1. The normalized spacial score (nSPS) is 11.8. The zero-order valence-electron chi connectivity index (χ0n) is 17.8. The zero-order valence-corrected chi connectivity index (χ0v) is 18.5. The monoisotopic (exact) mass is 475 g/mol. The molecule has 10 heteroatoms.